The van der Waals surface area contributed by atoms with E-state index in [1.807, 2.05) is 44.3 Å². The van der Waals surface area contributed by atoms with Crippen LogP contribution in [0, 0.1) is 6.92 Å². The van der Waals surface area contributed by atoms with E-state index in [-0.39, 0.29) is 6.10 Å². The molecule has 106 valence electrons. The highest BCUT2D eigenvalue weighted by Gasteiger charge is 2.22. The molecule has 1 aliphatic rings. The van der Waals surface area contributed by atoms with Crippen LogP contribution in [-0.2, 0) is 6.54 Å². The van der Waals surface area contributed by atoms with Crippen molar-refractivity contribution in [3.8, 4) is 11.5 Å². The van der Waals surface area contributed by atoms with E-state index in [0.717, 1.165) is 29.5 Å². The minimum atomic E-state index is 0.0268. The smallest absolute Gasteiger partial charge is 0.161 e. The van der Waals surface area contributed by atoms with E-state index in [1.54, 1.807) is 0 Å². The van der Waals surface area contributed by atoms with Gasteiger partial charge in [-0.1, -0.05) is 17.3 Å². The Labute approximate surface area is 118 Å². The number of likely N-dealkylation sites (N-methyl/N-ethyl adjacent to an activating group) is 1. The fraction of sp³-hybridized carbons (Fsp3) is 0.400. The second kappa shape index (κ2) is 5.54. The Balaban J connectivity index is 1.56. The van der Waals surface area contributed by atoms with Crippen molar-refractivity contribution in [1.29, 1.82) is 0 Å². The van der Waals surface area contributed by atoms with Crippen LogP contribution in [0.5, 0.6) is 11.5 Å². The summed E-state index contributed by atoms with van der Waals surface area (Å²) >= 11 is 0. The molecule has 2 heterocycles. The highest BCUT2D eigenvalue weighted by Crippen LogP contribution is 2.30. The zero-order chi connectivity index (χ0) is 13.9. The van der Waals surface area contributed by atoms with Gasteiger partial charge in [-0.15, -0.1) is 0 Å². The molecule has 0 fully saturated rings. The van der Waals surface area contributed by atoms with Gasteiger partial charge in [-0.3, -0.25) is 4.90 Å². The molecule has 3 rings (SSSR count). The molecule has 0 spiro atoms. The molecule has 0 bridgehead atoms. The molecule has 0 aliphatic carbocycles. The molecule has 20 heavy (non-hydrogen) atoms. The average Bonchev–Trinajstić information content (AvgIpc) is 2.83. The molecule has 5 nitrogen and oxygen atoms in total. The molecule has 1 aromatic heterocycles. The fourth-order valence-corrected chi connectivity index (χ4v) is 2.32. The lowest BCUT2D eigenvalue weighted by Gasteiger charge is -2.29. The van der Waals surface area contributed by atoms with Crippen molar-refractivity contribution in [3.63, 3.8) is 0 Å². The Morgan fingerprint density at radius 1 is 1.30 bits per heavy atom. The lowest BCUT2D eigenvalue weighted by Crippen LogP contribution is -2.39. The maximum atomic E-state index is 5.93. The topological polar surface area (TPSA) is 47.7 Å². The summed E-state index contributed by atoms with van der Waals surface area (Å²) in [6.07, 6.45) is 0.0268. The zero-order valence-corrected chi connectivity index (χ0v) is 11.7. The van der Waals surface area contributed by atoms with E-state index < -0.39 is 0 Å². The third-order valence-electron chi connectivity index (χ3n) is 3.19. The van der Waals surface area contributed by atoms with Crippen molar-refractivity contribution in [2.24, 2.45) is 0 Å². The molecular formula is C15H18N2O3. The summed E-state index contributed by atoms with van der Waals surface area (Å²) < 4.78 is 16.9. The van der Waals surface area contributed by atoms with Crippen LogP contribution in [0.25, 0.3) is 0 Å². The van der Waals surface area contributed by atoms with Crippen molar-refractivity contribution < 1.29 is 14.0 Å². The quantitative estimate of drug-likeness (QED) is 0.856. The van der Waals surface area contributed by atoms with Gasteiger partial charge in [-0.05, 0) is 26.1 Å². The number of aryl methyl sites for hydroxylation is 1. The van der Waals surface area contributed by atoms with Gasteiger partial charge in [0.1, 0.15) is 12.7 Å². The van der Waals surface area contributed by atoms with Crippen molar-refractivity contribution in [2.45, 2.75) is 19.6 Å². The lowest BCUT2D eigenvalue weighted by molar-refractivity contribution is 0.0618. The van der Waals surface area contributed by atoms with Gasteiger partial charge in [0.25, 0.3) is 0 Å². The molecule has 0 unspecified atom stereocenters. The Bertz CT molecular complexity index is 582. The predicted octanol–water partition coefficient (Wildman–Crippen LogP) is 2.25. The number of hydrogen-bond acceptors (Lipinski definition) is 5. The standard InChI is InChI=1S/C15H18N2O3/c1-11-7-12(20-16-11)8-17(2)9-13-10-18-14-5-3-4-6-15(14)19-13/h3-7,13H,8-10H2,1-2H3/t13-/m1/s1. The first kappa shape index (κ1) is 13.0. The fourth-order valence-electron chi connectivity index (χ4n) is 2.32. The first-order chi connectivity index (χ1) is 9.70. The Kier molecular flexibility index (Phi) is 3.60. The van der Waals surface area contributed by atoms with Crippen LogP contribution in [-0.4, -0.2) is 36.4 Å². The molecule has 0 N–H and O–H groups in total. The number of aromatic nitrogens is 1. The number of nitrogens with zero attached hydrogens (tertiary/aromatic N) is 2. The van der Waals surface area contributed by atoms with Crippen LogP contribution in [0.3, 0.4) is 0 Å². The number of rotatable bonds is 4. The second-order valence-corrected chi connectivity index (χ2v) is 5.13. The summed E-state index contributed by atoms with van der Waals surface area (Å²) in [7, 11) is 2.03. The maximum absolute atomic E-state index is 5.93. The Hall–Kier alpha value is -2.01. The van der Waals surface area contributed by atoms with Crippen LogP contribution in [0.2, 0.25) is 0 Å². The predicted molar refractivity (Wildman–Crippen MR) is 73.9 cm³/mol. The SMILES string of the molecule is Cc1cc(CN(C)C[C@@H]2COc3ccccc3O2)on1. The molecule has 0 saturated heterocycles. The first-order valence-corrected chi connectivity index (χ1v) is 6.70. The summed E-state index contributed by atoms with van der Waals surface area (Å²) in [5.74, 6) is 2.49. The van der Waals surface area contributed by atoms with Gasteiger partial charge in [-0.2, -0.15) is 0 Å². The minimum Gasteiger partial charge on any atom is -0.486 e. The molecule has 1 aromatic carbocycles. The zero-order valence-electron chi connectivity index (χ0n) is 11.7. The average molecular weight is 274 g/mol. The van der Waals surface area contributed by atoms with E-state index in [9.17, 15) is 0 Å². The molecular weight excluding hydrogens is 256 g/mol. The summed E-state index contributed by atoms with van der Waals surface area (Å²) in [6, 6.07) is 9.70. The normalized spacial score (nSPS) is 17.4. The highest BCUT2D eigenvalue weighted by atomic mass is 16.6. The molecule has 0 radical (unpaired) electrons. The maximum Gasteiger partial charge on any atom is 0.161 e. The van der Waals surface area contributed by atoms with Gasteiger partial charge in [0, 0.05) is 12.6 Å². The van der Waals surface area contributed by atoms with Crippen molar-refractivity contribution >= 4 is 0 Å². The van der Waals surface area contributed by atoms with Crippen LogP contribution < -0.4 is 9.47 Å². The minimum absolute atomic E-state index is 0.0268. The van der Waals surface area contributed by atoms with Crippen LogP contribution in [0.15, 0.2) is 34.9 Å². The molecule has 0 amide bonds. The van der Waals surface area contributed by atoms with Crippen molar-refractivity contribution in [2.75, 3.05) is 20.2 Å². The van der Waals surface area contributed by atoms with Crippen LogP contribution in [0.1, 0.15) is 11.5 Å². The summed E-state index contributed by atoms with van der Waals surface area (Å²) in [5.41, 5.74) is 0.902. The van der Waals surface area contributed by atoms with E-state index in [0.29, 0.717) is 13.2 Å². The summed E-state index contributed by atoms with van der Waals surface area (Å²) in [6.45, 7) is 3.97. The van der Waals surface area contributed by atoms with Gasteiger partial charge in [0.05, 0.1) is 12.2 Å². The Morgan fingerprint density at radius 2 is 2.10 bits per heavy atom. The van der Waals surface area contributed by atoms with Gasteiger partial charge >= 0.3 is 0 Å². The third kappa shape index (κ3) is 2.93. The number of fused-ring (bicyclic) bond motifs is 1. The largest absolute Gasteiger partial charge is 0.486 e. The van der Waals surface area contributed by atoms with Gasteiger partial charge in [-0.25, -0.2) is 0 Å². The second-order valence-electron chi connectivity index (χ2n) is 5.13. The summed E-state index contributed by atoms with van der Waals surface area (Å²) in [5, 5.41) is 3.89. The van der Waals surface area contributed by atoms with E-state index in [4.69, 9.17) is 14.0 Å². The van der Waals surface area contributed by atoms with Crippen molar-refractivity contribution in [3.05, 3.63) is 41.8 Å². The van der Waals surface area contributed by atoms with Crippen molar-refractivity contribution in [1.82, 2.24) is 10.1 Å². The van der Waals surface area contributed by atoms with E-state index in [2.05, 4.69) is 10.1 Å². The number of hydrogen-bond donors (Lipinski definition) is 0. The van der Waals surface area contributed by atoms with E-state index >= 15 is 0 Å². The molecule has 5 heteroatoms. The first-order valence-electron chi connectivity index (χ1n) is 6.70. The van der Waals surface area contributed by atoms with Gasteiger partial charge < -0.3 is 14.0 Å². The Morgan fingerprint density at radius 3 is 2.85 bits per heavy atom. The molecule has 1 aliphatic heterocycles. The lowest BCUT2D eigenvalue weighted by atomic mass is 10.2. The third-order valence-corrected chi connectivity index (χ3v) is 3.19. The van der Waals surface area contributed by atoms with Gasteiger partial charge in [0.2, 0.25) is 0 Å². The van der Waals surface area contributed by atoms with Gasteiger partial charge in [0.15, 0.2) is 17.3 Å². The molecule has 1 atom stereocenters. The van der Waals surface area contributed by atoms with E-state index in [1.165, 1.54) is 0 Å². The summed E-state index contributed by atoms with van der Waals surface area (Å²) in [4.78, 5) is 2.14. The number of ether oxygens (including phenoxy) is 2. The number of para-hydroxylation sites is 2. The molecule has 2 aromatic rings. The monoisotopic (exact) mass is 274 g/mol. The number of benzene rings is 1. The highest BCUT2D eigenvalue weighted by molar-refractivity contribution is 5.40. The van der Waals surface area contributed by atoms with Crippen LogP contribution in [0.4, 0.5) is 0 Å². The van der Waals surface area contributed by atoms with Crippen LogP contribution >= 0.6 is 0 Å². The molecule has 0 saturated carbocycles.